The second-order valence-electron chi connectivity index (χ2n) is 4.35. The predicted molar refractivity (Wildman–Crippen MR) is 72.9 cm³/mol. The fourth-order valence-electron chi connectivity index (χ4n) is 2.00. The molecule has 7 nitrogen and oxygen atoms in total. The second-order valence-corrected chi connectivity index (χ2v) is 4.35. The van der Waals surface area contributed by atoms with Crippen LogP contribution in [0.2, 0.25) is 0 Å². The summed E-state index contributed by atoms with van der Waals surface area (Å²) in [6.45, 7) is 1.95. The molecule has 0 aliphatic rings. The molecule has 3 aromatic rings. The third kappa shape index (κ3) is 2.05. The van der Waals surface area contributed by atoms with Crippen LogP contribution in [0.25, 0.3) is 11.0 Å². The fraction of sp³-hybridized carbons (Fsp3) is 0.0769. The Kier molecular flexibility index (Phi) is 2.79. The third-order valence-electron chi connectivity index (χ3n) is 2.88. The minimum atomic E-state index is -0.495. The van der Waals surface area contributed by atoms with E-state index in [2.05, 4.69) is 20.3 Å². The van der Waals surface area contributed by atoms with Crippen LogP contribution in [-0.4, -0.2) is 15.2 Å². The van der Waals surface area contributed by atoms with Crippen molar-refractivity contribution >= 4 is 28.1 Å². The van der Waals surface area contributed by atoms with Gasteiger partial charge < -0.3 is 5.32 Å². The zero-order valence-corrected chi connectivity index (χ0v) is 10.5. The van der Waals surface area contributed by atoms with Crippen molar-refractivity contribution in [2.45, 2.75) is 6.92 Å². The molecule has 0 radical (unpaired) electrons. The molecule has 0 aliphatic carbocycles. The summed E-state index contributed by atoms with van der Waals surface area (Å²) in [6, 6.07) is 10.8. The lowest BCUT2D eigenvalue weighted by Gasteiger charge is -2.07. The highest BCUT2D eigenvalue weighted by Crippen LogP contribution is 2.33. The van der Waals surface area contributed by atoms with Gasteiger partial charge in [0, 0.05) is 5.69 Å². The summed E-state index contributed by atoms with van der Waals surface area (Å²) in [5.74, 6) is 0. The first-order chi connectivity index (χ1) is 9.65. The van der Waals surface area contributed by atoms with Gasteiger partial charge in [0.1, 0.15) is 11.2 Å². The number of fused-ring (bicyclic) bond motifs is 1. The molecule has 0 bridgehead atoms. The van der Waals surface area contributed by atoms with Crippen molar-refractivity contribution in [3.8, 4) is 0 Å². The molecule has 0 fully saturated rings. The van der Waals surface area contributed by atoms with Crippen LogP contribution in [0.4, 0.5) is 17.1 Å². The first-order valence-electron chi connectivity index (χ1n) is 5.88. The number of nitrogens with zero attached hydrogens (tertiary/aromatic N) is 3. The molecule has 1 heterocycles. The summed E-state index contributed by atoms with van der Waals surface area (Å²) >= 11 is 0. The zero-order chi connectivity index (χ0) is 14.1. The van der Waals surface area contributed by atoms with E-state index in [1.54, 1.807) is 12.1 Å². The highest BCUT2D eigenvalue weighted by Gasteiger charge is 2.22. The van der Waals surface area contributed by atoms with E-state index in [0.717, 1.165) is 11.3 Å². The molecule has 1 N–H and O–H groups in total. The summed E-state index contributed by atoms with van der Waals surface area (Å²) in [5.41, 5.74) is 2.51. The molecule has 0 unspecified atom stereocenters. The van der Waals surface area contributed by atoms with Crippen molar-refractivity contribution in [3.63, 3.8) is 0 Å². The van der Waals surface area contributed by atoms with E-state index in [4.69, 9.17) is 0 Å². The van der Waals surface area contributed by atoms with Crippen molar-refractivity contribution in [1.82, 2.24) is 10.3 Å². The Labute approximate surface area is 113 Å². The zero-order valence-electron chi connectivity index (χ0n) is 10.5. The maximum Gasteiger partial charge on any atom is 0.323 e. The van der Waals surface area contributed by atoms with Gasteiger partial charge in [-0.05, 0) is 47.1 Å². The van der Waals surface area contributed by atoms with Gasteiger partial charge in [0.2, 0.25) is 5.52 Å². The predicted octanol–water partition coefficient (Wildman–Crippen LogP) is 3.18. The maximum atomic E-state index is 11.2. The summed E-state index contributed by atoms with van der Waals surface area (Å²) < 4.78 is 4.55. The van der Waals surface area contributed by atoms with Crippen molar-refractivity contribution < 1.29 is 9.55 Å². The van der Waals surface area contributed by atoms with E-state index in [9.17, 15) is 10.1 Å². The fourth-order valence-corrected chi connectivity index (χ4v) is 2.00. The number of aryl methyl sites for hydroxylation is 1. The molecule has 0 amide bonds. The van der Waals surface area contributed by atoms with Crippen molar-refractivity contribution in [2.75, 3.05) is 5.32 Å². The lowest BCUT2D eigenvalue weighted by atomic mass is 10.2. The van der Waals surface area contributed by atoms with Gasteiger partial charge in [0.15, 0.2) is 0 Å². The number of hydrogen-bond donors (Lipinski definition) is 1. The van der Waals surface area contributed by atoms with Crippen LogP contribution >= 0.6 is 0 Å². The molecule has 0 aliphatic heterocycles. The van der Waals surface area contributed by atoms with Gasteiger partial charge in [0.05, 0.1) is 4.92 Å². The van der Waals surface area contributed by atoms with Gasteiger partial charge in [0.25, 0.3) is 0 Å². The Hall–Kier alpha value is -2.96. The lowest BCUT2D eigenvalue weighted by molar-refractivity contribution is -0.382. The number of nitro benzene ring substituents is 1. The highest BCUT2D eigenvalue weighted by atomic mass is 16.6. The molecule has 2 aromatic carbocycles. The summed E-state index contributed by atoms with van der Waals surface area (Å²) in [5, 5.41) is 21.5. The van der Waals surface area contributed by atoms with Gasteiger partial charge >= 0.3 is 5.69 Å². The van der Waals surface area contributed by atoms with E-state index >= 15 is 0 Å². The lowest BCUT2D eigenvalue weighted by Crippen LogP contribution is -1.98. The molecule has 0 atom stereocenters. The number of hydrogen-bond acceptors (Lipinski definition) is 6. The molecule has 0 spiro atoms. The monoisotopic (exact) mass is 270 g/mol. The number of rotatable bonds is 3. The number of aromatic nitrogens is 2. The smallest absolute Gasteiger partial charge is 0.323 e. The number of nitro groups is 1. The Morgan fingerprint density at radius 1 is 1.25 bits per heavy atom. The highest BCUT2D eigenvalue weighted by molar-refractivity contribution is 5.91. The van der Waals surface area contributed by atoms with Gasteiger partial charge in [-0.3, -0.25) is 10.1 Å². The summed E-state index contributed by atoms with van der Waals surface area (Å²) in [4.78, 5) is 10.8. The first-order valence-corrected chi connectivity index (χ1v) is 5.88. The van der Waals surface area contributed by atoms with Crippen LogP contribution in [0.3, 0.4) is 0 Å². The van der Waals surface area contributed by atoms with E-state index in [1.807, 2.05) is 31.2 Å². The Morgan fingerprint density at radius 3 is 2.85 bits per heavy atom. The maximum absolute atomic E-state index is 11.2. The number of benzene rings is 2. The average molecular weight is 270 g/mol. The molecule has 20 heavy (non-hydrogen) atoms. The average Bonchev–Trinajstić information content (AvgIpc) is 2.86. The van der Waals surface area contributed by atoms with E-state index < -0.39 is 4.92 Å². The van der Waals surface area contributed by atoms with E-state index in [1.165, 1.54) is 0 Å². The normalized spacial score (nSPS) is 10.7. The van der Waals surface area contributed by atoms with E-state index in [-0.39, 0.29) is 11.2 Å². The van der Waals surface area contributed by atoms with Crippen LogP contribution < -0.4 is 5.32 Å². The van der Waals surface area contributed by atoms with E-state index in [0.29, 0.717) is 11.2 Å². The van der Waals surface area contributed by atoms with Crippen LogP contribution in [0.1, 0.15) is 5.56 Å². The standard InChI is InChI=1S/C13H10N4O3/c1-8-3-2-4-9(7-8)14-11-6-5-10-12(16-20-15-10)13(11)17(18)19/h2-7,14H,1H3. The minimum absolute atomic E-state index is 0.132. The van der Waals surface area contributed by atoms with Crippen molar-refractivity contribution in [1.29, 1.82) is 0 Å². The molecule has 100 valence electrons. The molecule has 3 rings (SSSR count). The molecular formula is C13H10N4O3. The number of nitrogens with one attached hydrogen (secondary N) is 1. The summed E-state index contributed by atoms with van der Waals surface area (Å²) in [6.07, 6.45) is 0. The molecule has 0 saturated heterocycles. The van der Waals surface area contributed by atoms with Gasteiger partial charge in [-0.25, -0.2) is 4.63 Å². The van der Waals surface area contributed by atoms with Gasteiger partial charge in [-0.1, -0.05) is 12.1 Å². The molecule has 1 aromatic heterocycles. The topological polar surface area (TPSA) is 94.1 Å². The summed E-state index contributed by atoms with van der Waals surface area (Å²) in [7, 11) is 0. The van der Waals surface area contributed by atoms with Crippen molar-refractivity contribution in [3.05, 3.63) is 52.1 Å². The number of anilines is 2. The Morgan fingerprint density at radius 2 is 2.10 bits per heavy atom. The minimum Gasteiger partial charge on any atom is -0.350 e. The largest absolute Gasteiger partial charge is 0.350 e. The Balaban J connectivity index is 2.11. The quantitative estimate of drug-likeness (QED) is 0.580. The van der Waals surface area contributed by atoms with Crippen LogP contribution in [0, 0.1) is 17.0 Å². The molecule has 7 heteroatoms. The SMILES string of the molecule is Cc1cccc(Nc2ccc3nonc3c2[N+](=O)[O-])c1. The van der Waals surface area contributed by atoms with Crippen LogP contribution in [0.15, 0.2) is 41.0 Å². The second kappa shape index (κ2) is 4.61. The van der Waals surface area contributed by atoms with Crippen molar-refractivity contribution in [2.24, 2.45) is 0 Å². The van der Waals surface area contributed by atoms with Gasteiger partial charge in [-0.2, -0.15) is 0 Å². The van der Waals surface area contributed by atoms with Crippen LogP contribution in [-0.2, 0) is 0 Å². The molecule has 0 saturated carbocycles. The molecular weight excluding hydrogens is 260 g/mol. The van der Waals surface area contributed by atoms with Gasteiger partial charge in [-0.15, -0.1) is 0 Å². The Bertz CT molecular complexity index is 797. The third-order valence-corrected chi connectivity index (χ3v) is 2.88. The first kappa shape index (κ1) is 12.1. The van der Waals surface area contributed by atoms with Crippen LogP contribution in [0.5, 0.6) is 0 Å².